The first kappa shape index (κ1) is 14.9. The Morgan fingerprint density at radius 3 is 2.64 bits per heavy atom. The van der Waals surface area contributed by atoms with Crippen LogP contribution in [-0.2, 0) is 11.2 Å². The Morgan fingerprint density at radius 1 is 1.27 bits per heavy atom. The van der Waals surface area contributed by atoms with E-state index in [0.717, 1.165) is 37.1 Å². The van der Waals surface area contributed by atoms with Gasteiger partial charge in [-0.3, -0.25) is 4.79 Å². The molecule has 1 atom stereocenters. The lowest BCUT2D eigenvalue weighted by Crippen LogP contribution is -2.24. The number of hydrogen-bond acceptors (Lipinski definition) is 3. The summed E-state index contributed by atoms with van der Waals surface area (Å²) in [7, 11) is 1.69. The number of ether oxygens (including phenoxy) is 1. The van der Waals surface area contributed by atoms with Crippen molar-refractivity contribution in [1.29, 1.82) is 0 Å². The lowest BCUT2D eigenvalue weighted by atomic mass is 9.92. The molecule has 1 aromatic carbocycles. The quantitative estimate of drug-likeness (QED) is 0.839. The van der Waals surface area contributed by atoms with Gasteiger partial charge in [0.15, 0.2) is 5.78 Å². The van der Waals surface area contributed by atoms with Crippen molar-refractivity contribution < 1.29 is 9.53 Å². The van der Waals surface area contributed by atoms with Gasteiger partial charge in [0.1, 0.15) is 5.75 Å². The zero-order valence-corrected chi connectivity index (χ0v) is 13.0. The third kappa shape index (κ3) is 4.00. The van der Waals surface area contributed by atoms with E-state index in [1.54, 1.807) is 7.11 Å². The van der Waals surface area contributed by atoms with Crippen LogP contribution in [0.5, 0.6) is 5.75 Å². The minimum atomic E-state index is 0.337. The highest BCUT2D eigenvalue weighted by atomic mass is 16.5. The number of Topliss-reactive ketones (excluding diaryl/α,β-unsaturated/α-hetero) is 1. The summed E-state index contributed by atoms with van der Waals surface area (Å²) < 4.78 is 5.18. The molecule has 0 saturated heterocycles. The number of benzene rings is 1. The molecule has 3 nitrogen and oxygen atoms in total. The first-order valence-electron chi connectivity index (χ1n) is 8.02. The van der Waals surface area contributed by atoms with Gasteiger partial charge in [-0.15, -0.1) is 0 Å². The van der Waals surface area contributed by atoms with E-state index in [4.69, 9.17) is 4.74 Å². The molecule has 3 rings (SSSR count). The Balaban J connectivity index is 1.45. The molecule has 2 aliphatic carbocycles. The summed E-state index contributed by atoms with van der Waals surface area (Å²) in [6, 6.07) is 8.26. The van der Waals surface area contributed by atoms with Gasteiger partial charge < -0.3 is 10.1 Å². The molecule has 1 aromatic rings. The fourth-order valence-electron chi connectivity index (χ4n) is 2.75. The number of ketones is 1. The summed E-state index contributed by atoms with van der Waals surface area (Å²) in [5, 5.41) is 3.25. The molecule has 2 aliphatic rings. The molecule has 0 heterocycles. The summed E-state index contributed by atoms with van der Waals surface area (Å²) in [6.45, 7) is 0.476. The van der Waals surface area contributed by atoms with Crippen LogP contribution in [0.4, 0.5) is 0 Å². The summed E-state index contributed by atoms with van der Waals surface area (Å²) in [6.07, 6.45) is 10.8. The van der Waals surface area contributed by atoms with E-state index in [1.165, 1.54) is 5.56 Å². The number of carbonyl (C=O) groups is 1. The zero-order valence-electron chi connectivity index (χ0n) is 13.0. The van der Waals surface area contributed by atoms with Gasteiger partial charge in [-0.1, -0.05) is 24.3 Å². The molecule has 0 radical (unpaired) electrons. The Labute approximate surface area is 132 Å². The van der Waals surface area contributed by atoms with E-state index in [1.807, 2.05) is 12.1 Å². The van der Waals surface area contributed by atoms with Crippen LogP contribution < -0.4 is 10.1 Å². The van der Waals surface area contributed by atoms with Gasteiger partial charge >= 0.3 is 0 Å². The number of rotatable bonds is 7. The van der Waals surface area contributed by atoms with Crippen LogP contribution in [0.1, 0.15) is 24.8 Å². The van der Waals surface area contributed by atoms with Crippen LogP contribution in [-0.4, -0.2) is 19.4 Å². The minimum absolute atomic E-state index is 0.337. The molecule has 116 valence electrons. The molecule has 0 aromatic heterocycles. The first-order chi connectivity index (χ1) is 10.7. The van der Waals surface area contributed by atoms with Crippen LogP contribution in [0, 0.1) is 11.8 Å². The molecule has 1 fully saturated rings. The predicted octanol–water partition coefficient (Wildman–Crippen LogP) is 3.27. The molecule has 1 unspecified atom stereocenters. The maximum atomic E-state index is 11.7. The molecule has 0 amide bonds. The van der Waals surface area contributed by atoms with Gasteiger partial charge in [0, 0.05) is 11.6 Å². The van der Waals surface area contributed by atoms with Gasteiger partial charge in [0.05, 0.1) is 13.7 Å². The number of methoxy groups -OCH3 is 1. The second-order valence-electron chi connectivity index (χ2n) is 6.16. The molecule has 1 saturated carbocycles. The highest BCUT2D eigenvalue weighted by molar-refractivity contribution is 5.85. The van der Waals surface area contributed by atoms with E-state index in [9.17, 15) is 4.79 Å². The lowest BCUT2D eigenvalue weighted by molar-refractivity contribution is -0.119. The van der Waals surface area contributed by atoms with E-state index in [0.29, 0.717) is 24.2 Å². The van der Waals surface area contributed by atoms with E-state index >= 15 is 0 Å². The summed E-state index contributed by atoms with van der Waals surface area (Å²) in [5.41, 5.74) is 2.41. The second-order valence-corrected chi connectivity index (χ2v) is 6.16. The van der Waals surface area contributed by atoms with Crippen LogP contribution >= 0.6 is 0 Å². The van der Waals surface area contributed by atoms with Crippen molar-refractivity contribution in [2.45, 2.75) is 25.7 Å². The van der Waals surface area contributed by atoms with Gasteiger partial charge in [-0.2, -0.15) is 0 Å². The largest absolute Gasteiger partial charge is 0.497 e. The van der Waals surface area contributed by atoms with Gasteiger partial charge in [0.2, 0.25) is 0 Å². The SMILES string of the molecule is COc1ccc(CC2C=CC(NCC(=O)C3CC3)=CC2)cc1. The molecule has 1 N–H and O–H groups in total. The van der Waals surface area contributed by atoms with E-state index in [2.05, 4.69) is 35.7 Å². The molecule has 22 heavy (non-hydrogen) atoms. The van der Waals surface area contributed by atoms with Crippen molar-refractivity contribution in [3.05, 3.63) is 53.8 Å². The Kier molecular flexibility index (Phi) is 4.62. The van der Waals surface area contributed by atoms with Crippen molar-refractivity contribution in [3.8, 4) is 5.75 Å². The van der Waals surface area contributed by atoms with Crippen LogP contribution in [0.15, 0.2) is 48.2 Å². The summed E-state index contributed by atoms with van der Waals surface area (Å²) in [4.78, 5) is 11.7. The molecule has 3 heteroatoms. The summed E-state index contributed by atoms with van der Waals surface area (Å²) in [5.74, 6) is 2.12. The Hall–Kier alpha value is -2.03. The third-order valence-electron chi connectivity index (χ3n) is 4.34. The van der Waals surface area contributed by atoms with Crippen molar-refractivity contribution in [1.82, 2.24) is 5.32 Å². The topological polar surface area (TPSA) is 38.3 Å². The molecular weight excluding hydrogens is 274 g/mol. The zero-order chi connectivity index (χ0) is 15.4. The maximum absolute atomic E-state index is 11.7. The second kappa shape index (κ2) is 6.82. The average molecular weight is 297 g/mol. The van der Waals surface area contributed by atoms with Crippen LogP contribution in [0.25, 0.3) is 0 Å². The van der Waals surface area contributed by atoms with E-state index in [-0.39, 0.29) is 0 Å². The fourth-order valence-corrected chi connectivity index (χ4v) is 2.75. The van der Waals surface area contributed by atoms with Gasteiger partial charge in [-0.05, 0) is 55.4 Å². The number of hydrogen-bond donors (Lipinski definition) is 1. The number of carbonyl (C=O) groups excluding carboxylic acids is 1. The summed E-state index contributed by atoms with van der Waals surface area (Å²) >= 11 is 0. The fraction of sp³-hybridized carbons (Fsp3) is 0.421. The lowest BCUT2D eigenvalue weighted by Gasteiger charge is -2.17. The molecular formula is C19H23NO2. The smallest absolute Gasteiger partial charge is 0.154 e. The normalized spacial score (nSPS) is 20.4. The van der Waals surface area contributed by atoms with Gasteiger partial charge in [0.25, 0.3) is 0 Å². The standard InChI is InChI=1S/C19H23NO2/c1-22-18-10-4-15(5-11-18)12-14-2-8-17(9-3-14)20-13-19(21)16-6-7-16/h2,4-5,8-11,14,16,20H,3,6-7,12-13H2,1H3. The van der Waals surface area contributed by atoms with Gasteiger partial charge in [-0.25, -0.2) is 0 Å². The monoisotopic (exact) mass is 297 g/mol. The van der Waals surface area contributed by atoms with Crippen molar-refractivity contribution in [2.75, 3.05) is 13.7 Å². The predicted molar refractivity (Wildman–Crippen MR) is 87.8 cm³/mol. The third-order valence-corrected chi connectivity index (χ3v) is 4.34. The highest BCUT2D eigenvalue weighted by Gasteiger charge is 2.28. The number of allylic oxidation sites excluding steroid dienone is 3. The molecule has 0 spiro atoms. The number of nitrogens with one attached hydrogen (secondary N) is 1. The van der Waals surface area contributed by atoms with Crippen molar-refractivity contribution >= 4 is 5.78 Å². The van der Waals surface area contributed by atoms with Crippen LogP contribution in [0.3, 0.4) is 0 Å². The van der Waals surface area contributed by atoms with Crippen molar-refractivity contribution in [3.63, 3.8) is 0 Å². The van der Waals surface area contributed by atoms with Crippen LogP contribution in [0.2, 0.25) is 0 Å². The molecule has 0 aliphatic heterocycles. The Morgan fingerprint density at radius 2 is 2.05 bits per heavy atom. The Bertz CT molecular complexity index is 582. The van der Waals surface area contributed by atoms with Crippen molar-refractivity contribution in [2.24, 2.45) is 11.8 Å². The highest BCUT2D eigenvalue weighted by Crippen LogP contribution is 2.29. The molecule has 0 bridgehead atoms. The first-order valence-corrected chi connectivity index (χ1v) is 8.02. The minimum Gasteiger partial charge on any atom is -0.497 e. The van der Waals surface area contributed by atoms with E-state index < -0.39 is 0 Å². The maximum Gasteiger partial charge on any atom is 0.154 e. The average Bonchev–Trinajstić information content (AvgIpc) is 3.40.